The molecule has 3 saturated carbocycles. The summed E-state index contributed by atoms with van der Waals surface area (Å²) in [6.45, 7) is 11.1. The molecule has 1 aliphatic heterocycles. The highest BCUT2D eigenvalue weighted by Gasteiger charge is 2.48. The number of hydrogen-bond acceptors (Lipinski definition) is 5. The Bertz CT molecular complexity index is 699. The first-order valence-corrected chi connectivity index (χ1v) is 13.4. The van der Waals surface area contributed by atoms with E-state index in [4.69, 9.17) is 9.47 Å². The van der Waals surface area contributed by atoms with E-state index in [1.165, 1.54) is 12.8 Å². The third-order valence-corrected chi connectivity index (χ3v) is 9.43. The third kappa shape index (κ3) is 5.59. The molecule has 7 atom stereocenters. The number of carbonyl (C=O) groups is 1. The predicted octanol–water partition coefficient (Wildman–Crippen LogP) is 4.71. The monoisotopic (exact) mass is 463 g/mol. The first kappa shape index (κ1) is 25.0. The summed E-state index contributed by atoms with van der Waals surface area (Å²) >= 11 is 0. The van der Waals surface area contributed by atoms with Gasteiger partial charge in [-0.3, -0.25) is 4.79 Å². The van der Waals surface area contributed by atoms with Crippen LogP contribution in [-0.2, 0) is 14.3 Å². The number of amides is 1. The molecule has 4 rings (SSSR count). The molecule has 1 heterocycles. The highest BCUT2D eigenvalue weighted by molar-refractivity contribution is 5.80. The van der Waals surface area contributed by atoms with Gasteiger partial charge in [0.05, 0.1) is 24.4 Å². The Morgan fingerprint density at radius 3 is 2.39 bits per heavy atom. The topological polar surface area (TPSA) is 88.0 Å². The first-order valence-electron chi connectivity index (χ1n) is 13.4. The molecule has 188 valence electrons. The molecule has 6 heteroatoms. The average molecular weight is 464 g/mol. The zero-order valence-electron chi connectivity index (χ0n) is 20.8. The number of nitrogens with one attached hydrogen (secondary N) is 1. The van der Waals surface area contributed by atoms with Crippen LogP contribution in [0.2, 0.25) is 0 Å². The number of aliphatic hydroxyl groups is 2. The van der Waals surface area contributed by atoms with E-state index in [1.54, 1.807) is 0 Å². The number of ether oxygens (including phenoxy) is 2. The van der Waals surface area contributed by atoms with Crippen molar-refractivity contribution in [1.29, 1.82) is 0 Å². The minimum atomic E-state index is -0.771. The molecule has 3 N–H and O–H groups in total. The lowest BCUT2D eigenvalue weighted by Crippen LogP contribution is -2.44. The minimum Gasteiger partial charge on any atom is -0.510 e. The lowest BCUT2D eigenvalue weighted by Gasteiger charge is -2.45. The van der Waals surface area contributed by atoms with Gasteiger partial charge in [0.1, 0.15) is 5.76 Å². The molecule has 3 aliphatic carbocycles. The Morgan fingerprint density at radius 1 is 1.06 bits per heavy atom. The molecule has 4 aliphatic rings. The van der Waals surface area contributed by atoms with Crippen molar-refractivity contribution >= 4 is 5.91 Å². The standard InChI is InChI=1S/C27H45NO5/c1-16-5-11-23(24-15-32-17(2)6-12-22(16)24)18(3)26(31)33-21-9-7-20(8-10-21)25(30)28-27(13-14-27)19(4)29/h16-18,20-24,26,29,31H,4-15H2,1-3H3,(H,28,30)/t16-,17?,18-,20?,21?,22+,23+,24?,26-/m1/s1. The van der Waals surface area contributed by atoms with Gasteiger partial charge in [0, 0.05) is 11.8 Å². The molecule has 6 nitrogen and oxygen atoms in total. The van der Waals surface area contributed by atoms with Gasteiger partial charge in [-0.2, -0.15) is 0 Å². The fourth-order valence-corrected chi connectivity index (χ4v) is 6.75. The van der Waals surface area contributed by atoms with Crippen LogP contribution >= 0.6 is 0 Å². The molecular formula is C27H45NO5. The summed E-state index contributed by atoms with van der Waals surface area (Å²) in [5.41, 5.74) is -0.578. The van der Waals surface area contributed by atoms with Gasteiger partial charge in [-0.1, -0.05) is 26.8 Å². The van der Waals surface area contributed by atoms with Gasteiger partial charge < -0.3 is 25.0 Å². The first-order chi connectivity index (χ1) is 15.7. The maximum atomic E-state index is 12.6. The Labute approximate surface area is 199 Å². The lowest BCUT2D eigenvalue weighted by molar-refractivity contribution is -0.190. The number of hydrogen-bond donors (Lipinski definition) is 3. The van der Waals surface area contributed by atoms with Crippen molar-refractivity contribution in [2.24, 2.45) is 35.5 Å². The van der Waals surface area contributed by atoms with Crippen LogP contribution in [0.5, 0.6) is 0 Å². The molecule has 2 unspecified atom stereocenters. The van der Waals surface area contributed by atoms with Crippen LogP contribution in [0.15, 0.2) is 12.3 Å². The maximum Gasteiger partial charge on any atom is 0.223 e. The van der Waals surface area contributed by atoms with Crippen molar-refractivity contribution in [3.63, 3.8) is 0 Å². The van der Waals surface area contributed by atoms with Gasteiger partial charge in [0.15, 0.2) is 6.29 Å². The van der Waals surface area contributed by atoms with E-state index in [2.05, 4.69) is 32.7 Å². The highest BCUT2D eigenvalue weighted by Crippen LogP contribution is 2.47. The normalized spacial score (nSPS) is 40.1. The van der Waals surface area contributed by atoms with E-state index < -0.39 is 11.8 Å². The van der Waals surface area contributed by atoms with Crippen LogP contribution in [-0.4, -0.2) is 46.8 Å². The van der Waals surface area contributed by atoms with Crippen molar-refractivity contribution in [2.75, 3.05) is 6.61 Å². The predicted molar refractivity (Wildman–Crippen MR) is 127 cm³/mol. The summed E-state index contributed by atoms with van der Waals surface area (Å²) in [4.78, 5) is 12.6. The molecular weight excluding hydrogens is 418 g/mol. The SMILES string of the molecule is C=C(O)C1(NC(=O)C2CCC(O[C@@H](O)[C@H](C)[C@@H]3CC[C@@H](C)[C@@H]4CCC(C)OCC34)CC2)CC1. The maximum absolute atomic E-state index is 12.6. The zero-order chi connectivity index (χ0) is 23.8. The number of fused-ring (bicyclic) bond motifs is 1. The Balaban J connectivity index is 1.26. The van der Waals surface area contributed by atoms with Gasteiger partial charge >= 0.3 is 0 Å². The summed E-state index contributed by atoms with van der Waals surface area (Å²) in [7, 11) is 0. The number of aliphatic hydroxyl groups excluding tert-OH is 2. The van der Waals surface area contributed by atoms with Gasteiger partial charge in [-0.05, 0) is 88.4 Å². The highest BCUT2D eigenvalue weighted by atomic mass is 16.6. The molecule has 0 aromatic carbocycles. The third-order valence-electron chi connectivity index (χ3n) is 9.43. The van der Waals surface area contributed by atoms with E-state index in [1.807, 2.05) is 0 Å². The largest absolute Gasteiger partial charge is 0.510 e. The number of carbonyl (C=O) groups excluding carboxylic acids is 1. The minimum absolute atomic E-state index is 0.00194. The van der Waals surface area contributed by atoms with E-state index in [0.717, 1.165) is 63.9 Å². The van der Waals surface area contributed by atoms with Crippen molar-refractivity contribution in [2.45, 2.75) is 109 Å². The molecule has 0 bridgehead atoms. The Kier molecular flexibility index (Phi) is 7.76. The lowest BCUT2D eigenvalue weighted by atomic mass is 9.62. The molecule has 4 fully saturated rings. The summed E-state index contributed by atoms with van der Waals surface area (Å²) in [5.74, 6) is 2.44. The second-order valence-corrected chi connectivity index (χ2v) is 11.6. The van der Waals surface area contributed by atoms with Crippen LogP contribution in [0, 0.1) is 35.5 Å². The molecule has 0 spiro atoms. The fourth-order valence-electron chi connectivity index (χ4n) is 6.75. The van der Waals surface area contributed by atoms with Gasteiger partial charge in [-0.25, -0.2) is 0 Å². The van der Waals surface area contributed by atoms with Crippen LogP contribution < -0.4 is 5.32 Å². The van der Waals surface area contributed by atoms with E-state index in [9.17, 15) is 15.0 Å². The van der Waals surface area contributed by atoms with Crippen molar-refractivity contribution in [3.8, 4) is 0 Å². The molecule has 0 aromatic rings. The summed E-state index contributed by atoms with van der Waals surface area (Å²) in [6.07, 6.45) is 8.87. The van der Waals surface area contributed by atoms with Gasteiger partial charge in [-0.15, -0.1) is 0 Å². The fraction of sp³-hybridized carbons (Fsp3) is 0.889. The van der Waals surface area contributed by atoms with Crippen molar-refractivity contribution in [3.05, 3.63) is 12.3 Å². The Hall–Kier alpha value is -1.11. The van der Waals surface area contributed by atoms with E-state index >= 15 is 0 Å². The van der Waals surface area contributed by atoms with E-state index in [0.29, 0.717) is 23.9 Å². The van der Waals surface area contributed by atoms with Crippen LogP contribution in [0.25, 0.3) is 0 Å². The molecule has 1 amide bonds. The van der Waals surface area contributed by atoms with Crippen LogP contribution in [0.1, 0.15) is 85.0 Å². The number of rotatable bonds is 7. The van der Waals surface area contributed by atoms with Crippen molar-refractivity contribution < 1.29 is 24.5 Å². The summed E-state index contributed by atoms with van der Waals surface area (Å²) in [5, 5.41) is 23.8. The van der Waals surface area contributed by atoms with E-state index in [-0.39, 0.29) is 29.6 Å². The Morgan fingerprint density at radius 2 is 1.76 bits per heavy atom. The van der Waals surface area contributed by atoms with Gasteiger partial charge in [0.25, 0.3) is 0 Å². The second-order valence-electron chi connectivity index (χ2n) is 11.6. The van der Waals surface area contributed by atoms with Crippen LogP contribution in [0.4, 0.5) is 0 Å². The molecule has 0 radical (unpaired) electrons. The molecule has 33 heavy (non-hydrogen) atoms. The van der Waals surface area contributed by atoms with Gasteiger partial charge in [0.2, 0.25) is 5.91 Å². The van der Waals surface area contributed by atoms with Crippen molar-refractivity contribution in [1.82, 2.24) is 5.32 Å². The molecule has 0 aromatic heterocycles. The quantitative estimate of drug-likeness (QED) is 0.376. The summed E-state index contributed by atoms with van der Waals surface area (Å²) < 4.78 is 12.3. The summed E-state index contributed by atoms with van der Waals surface area (Å²) in [6, 6.07) is 0. The second kappa shape index (κ2) is 10.2. The van der Waals surface area contributed by atoms with Crippen LogP contribution in [0.3, 0.4) is 0 Å². The average Bonchev–Trinajstić information content (AvgIpc) is 3.59. The smallest absolute Gasteiger partial charge is 0.223 e. The molecule has 1 saturated heterocycles. The zero-order valence-corrected chi connectivity index (χ0v) is 20.8.